The Morgan fingerprint density at radius 2 is 1.88 bits per heavy atom. The van der Waals surface area contributed by atoms with E-state index in [9.17, 15) is 4.79 Å². The highest BCUT2D eigenvalue weighted by Gasteiger charge is 2.32. The summed E-state index contributed by atoms with van der Waals surface area (Å²) in [4.78, 5) is 12.3. The molecule has 4 nitrogen and oxygen atoms in total. The molecule has 0 spiro atoms. The maximum absolute atomic E-state index is 12.3. The lowest BCUT2D eigenvalue weighted by molar-refractivity contribution is 0.0944. The lowest BCUT2D eigenvalue weighted by Gasteiger charge is -2.22. The van der Waals surface area contributed by atoms with E-state index in [1.54, 1.807) is 0 Å². The van der Waals surface area contributed by atoms with Crippen LogP contribution in [0, 0.1) is 19.8 Å². The molecule has 1 fully saturated rings. The van der Waals surface area contributed by atoms with Crippen molar-refractivity contribution in [2.24, 2.45) is 5.92 Å². The number of benzene rings is 2. The molecule has 0 aliphatic heterocycles. The Kier molecular flexibility index (Phi) is 5.39. The number of aryl methyl sites for hydroxylation is 1. The van der Waals surface area contributed by atoms with Crippen molar-refractivity contribution >= 4 is 11.6 Å². The van der Waals surface area contributed by atoms with Crippen molar-refractivity contribution < 1.29 is 9.90 Å². The van der Waals surface area contributed by atoms with Crippen molar-refractivity contribution in [3.8, 4) is 0 Å². The second-order valence-electron chi connectivity index (χ2n) is 6.83. The summed E-state index contributed by atoms with van der Waals surface area (Å²) in [5, 5.41) is 15.3. The van der Waals surface area contributed by atoms with Crippen LogP contribution < -0.4 is 10.6 Å². The van der Waals surface area contributed by atoms with Crippen LogP contribution in [0.3, 0.4) is 0 Å². The molecule has 25 heavy (non-hydrogen) atoms. The third-order valence-corrected chi connectivity index (χ3v) is 4.82. The van der Waals surface area contributed by atoms with Gasteiger partial charge in [-0.25, -0.2) is 0 Å². The Morgan fingerprint density at radius 3 is 2.52 bits per heavy atom. The van der Waals surface area contributed by atoms with Crippen molar-refractivity contribution in [2.45, 2.75) is 32.7 Å². The van der Waals surface area contributed by atoms with Gasteiger partial charge in [0.05, 0.1) is 12.6 Å². The zero-order chi connectivity index (χ0) is 17.8. The lowest BCUT2D eigenvalue weighted by atomic mass is 9.99. The van der Waals surface area contributed by atoms with Crippen LogP contribution in [0.5, 0.6) is 0 Å². The largest absolute Gasteiger partial charge is 0.395 e. The minimum absolute atomic E-state index is 0.0556. The summed E-state index contributed by atoms with van der Waals surface area (Å²) in [5.74, 6) is 0.502. The van der Waals surface area contributed by atoms with E-state index in [2.05, 4.69) is 41.8 Å². The maximum atomic E-state index is 12.3. The minimum Gasteiger partial charge on any atom is -0.395 e. The number of hydrogen-bond donors (Lipinski definition) is 3. The van der Waals surface area contributed by atoms with Crippen molar-refractivity contribution in [3.63, 3.8) is 0 Å². The number of carbonyl (C=O) groups excluding carboxylic acids is 1. The smallest absolute Gasteiger partial charge is 0.251 e. The average molecular weight is 338 g/mol. The van der Waals surface area contributed by atoms with E-state index in [0.717, 1.165) is 11.3 Å². The van der Waals surface area contributed by atoms with Crippen LogP contribution in [0.25, 0.3) is 0 Å². The van der Waals surface area contributed by atoms with Crippen molar-refractivity contribution in [1.82, 2.24) is 5.32 Å². The monoisotopic (exact) mass is 338 g/mol. The molecular formula is C21H26N2O2. The first-order chi connectivity index (χ1) is 12.1. The molecule has 2 aromatic carbocycles. The van der Waals surface area contributed by atoms with Gasteiger partial charge in [0.25, 0.3) is 5.91 Å². The summed E-state index contributed by atoms with van der Waals surface area (Å²) in [6.07, 6.45) is 2.47. The number of anilines is 1. The fraction of sp³-hybridized carbons (Fsp3) is 0.381. The Hall–Kier alpha value is -2.33. The highest BCUT2D eigenvalue weighted by molar-refractivity contribution is 5.97. The van der Waals surface area contributed by atoms with E-state index in [4.69, 9.17) is 5.11 Å². The van der Waals surface area contributed by atoms with E-state index >= 15 is 0 Å². The molecule has 3 rings (SSSR count). The molecule has 0 bridgehead atoms. The number of amides is 1. The average Bonchev–Trinajstić information content (AvgIpc) is 3.45. The molecule has 0 saturated heterocycles. The summed E-state index contributed by atoms with van der Waals surface area (Å²) < 4.78 is 0. The van der Waals surface area contributed by atoms with Crippen molar-refractivity contribution in [2.75, 3.05) is 18.5 Å². The number of aliphatic hydroxyl groups is 1. The molecule has 0 aromatic heterocycles. The molecule has 1 saturated carbocycles. The van der Waals surface area contributed by atoms with Crippen LogP contribution in [0.15, 0.2) is 42.5 Å². The second kappa shape index (κ2) is 7.70. The van der Waals surface area contributed by atoms with E-state index in [-0.39, 0.29) is 25.1 Å². The summed E-state index contributed by atoms with van der Waals surface area (Å²) in [7, 11) is 0. The zero-order valence-electron chi connectivity index (χ0n) is 14.9. The number of rotatable bonds is 7. The van der Waals surface area contributed by atoms with Gasteiger partial charge in [-0.1, -0.05) is 35.9 Å². The molecule has 0 heterocycles. The number of carbonyl (C=O) groups is 1. The summed E-state index contributed by atoms with van der Waals surface area (Å²) in [6, 6.07) is 14.7. The van der Waals surface area contributed by atoms with Crippen LogP contribution >= 0.6 is 0 Å². The van der Waals surface area contributed by atoms with Crippen molar-refractivity contribution in [3.05, 3.63) is 64.7 Å². The quantitative estimate of drug-likeness (QED) is 0.723. The standard InChI is InChI=1S/C21H26N2O2/c1-14-6-8-16(9-7-14)20(17-10-11-17)23-19-5-3-4-18(15(19)2)21(25)22-12-13-24/h3-9,17,20,23-24H,10-13H2,1-2H3,(H,22,25). The number of aliphatic hydroxyl groups excluding tert-OH is 1. The van der Waals surface area contributed by atoms with Gasteiger partial charge in [-0.15, -0.1) is 0 Å². The minimum atomic E-state index is -0.145. The molecule has 132 valence electrons. The van der Waals surface area contributed by atoms with Gasteiger partial charge in [-0.05, 0) is 55.9 Å². The van der Waals surface area contributed by atoms with E-state index < -0.39 is 0 Å². The summed E-state index contributed by atoms with van der Waals surface area (Å²) >= 11 is 0. The van der Waals surface area contributed by atoms with Crippen LogP contribution in [0.2, 0.25) is 0 Å². The fourth-order valence-corrected chi connectivity index (χ4v) is 3.15. The predicted molar refractivity (Wildman–Crippen MR) is 101 cm³/mol. The van der Waals surface area contributed by atoms with Gasteiger partial charge in [0, 0.05) is 17.8 Å². The van der Waals surface area contributed by atoms with Crippen LogP contribution in [-0.2, 0) is 0 Å². The topological polar surface area (TPSA) is 61.4 Å². The highest BCUT2D eigenvalue weighted by Crippen LogP contribution is 2.43. The fourth-order valence-electron chi connectivity index (χ4n) is 3.15. The third-order valence-electron chi connectivity index (χ3n) is 4.82. The predicted octanol–water partition coefficient (Wildman–Crippen LogP) is 3.59. The van der Waals surface area contributed by atoms with E-state index in [1.807, 2.05) is 25.1 Å². The Morgan fingerprint density at radius 1 is 1.16 bits per heavy atom. The molecule has 4 heteroatoms. The second-order valence-corrected chi connectivity index (χ2v) is 6.83. The SMILES string of the molecule is Cc1ccc(C(Nc2cccc(C(=O)NCCO)c2C)C2CC2)cc1. The van der Waals surface area contributed by atoms with Gasteiger partial charge in [-0.2, -0.15) is 0 Å². The van der Waals surface area contributed by atoms with Crippen LogP contribution in [0.4, 0.5) is 5.69 Å². The Bertz CT molecular complexity index is 736. The first kappa shape index (κ1) is 17.5. The maximum Gasteiger partial charge on any atom is 0.251 e. The number of nitrogens with one attached hydrogen (secondary N) is 2. The van der Waals surface area contributed by atoms with Gasteiger partial charge in [0.2, 0.25) is 0 Å². The van der Waals surface area contributed by atoms with Crippen LogP contribution in [-0.4, -0.2) is 24.2 Å². The molecule has 1 aliphatic rings. The lowest BCUT2D eigenvalue weighted by Crippen LogP contribution is -2.27. The molecule has 1 atom stereocenters. The normalized spacial score (nSPS) is 14.8. The van der Waals surface area contributed by atoms with Gasteiger partial charge < -0.3 is 15.7 Å². The highest BCUT2D eigenvalue weighted by atomic mass is 16.3. The van der Waals surface area contributed by atoms with E-state index in [0.29, 0.717) is 11.5 Å². The number of hydrogen-bond acceptors (Lipinski definition) is 3. The first-order valence-corrected chi connectivity index (χ1v) is 8.92. The third kappa shape index (κ3) is 4.20. The zero-order valence-corrected chi connectivity index (χ0v) is 14.9. The van der Waals surface area contributed by atoms with Crippen LogP contribution in [0.1, 0.15) is 45.9 Å². The van der Waals surface area contributed by atoms with Gasteiger partial charge in [-0.3, -0.25) is 4.79 Å². The Balaban J connectivity index is 1.83. The summed E-state index contributed by atoms with van der Waals surface area (Å²) in [6.45, 7) is 4.28. The molecule has 1 unspecified atom stereocenters. The molecule has 1 amide bonds. The van der Waals surface area contributed by atoms with Gasteiger partial charge in [0.1, 0.15) is 0 Å². The van der Waals surface area contributed by atoms with Crippen molar-refractivity contribution in [1.29, 1.82) is 0 Å². The van der Waals surface area contributed by atoms with Gasteiger partial charge >= 0.3 is 0 Å². The van der Waals surface area contributed by atoms with Gasteiger partial charge in [0.15, 0.2) is 0 Å². The Labute approximate surface area is 149 Å². The molecule has 0 radical (unpaired) electrons. The molecular weight excluding hydrogens is 312 g/mol. The molecule has 1 aliphatic carbocycles. The van der Waals surface area contributed by atoms with E-state index in [1.165, 1.54) is 24.0 Å². The molecule has 2 aromatic rings. The first-order valence-electron chi connectivity index (χ1n) is 8.92. The molecule has 3 N–H and O–H groups in total. The summed E-state index contributed by atoms with van der Waals surface area (Å²) in [5.41, 5.74) is 5.14.